The van der Waals surface area contributed by atoms with E-state index >= 15 is 0 Å². The van der Waals surface area contributed by atoms with E-state index in [2.05, 4.69) is 52.8 Å². The molecule has 1 N–H and O–H groups in total. The molecule has 1 amide bonds. The summed E-state index contributed by atoms with van der Waals surface area (Å²) in [6, 6.07) is 10.5. The number of thioether (sulfide) groups is 2. The van der Waals surface area contributed by atoms with Gasteiger partial charge in [0, 0.05) is 17.5 Å². The summed E-state index contributed by atoms with van der Waals surface area (Å²) < 4.78 is 7.48. The summed E-state index contributed by atoms with van der Waals surface area (Å²) >= 11 is 3.05. The fraction of sp³-hybridized carbons (Fsp3) is 0.364. The highest BCUT2D eigenvalue weighted by Crippen LogP contribution is 2.30. The predicted octanol–water partition coefficient (Wildman–Crippen LogP) is 5.01. The number of carbonyl (C=O) groups is 1. The van der Waals surface area contributed by atoms with E-state index < -0.39 is 5.25 Å². The third-order valence-electron chi connectivity index (χ3n) is 4.96. The molecule has 0 aliphatic heterocycles. The Balaban J connectivity index is 1.66. The van der Waals surface area contributed by atoms with Crippen LogP contribution < -0.4 is 5.32 Å². The van der Waals surface area contributed by atoms with Crippen LogP contribution in [0.4, 0.5) is 5.88 Å². The van der Waals surface area contributed by atoms with Gasteiger partial charge in [0.2, 0.25) is 11.8 Å². The standard InChI is InChI=1S/C22H25N5O2S2/c1-6-18(20(28)24-21-17(11-23)14(3)15(4)29-21)31-22-26-25-19(27(22)5)12-30-16-9-7-13(2)8-10-16/h7-10,18H,6,12H2,1-5H3,(H,24,28). The molecule has 0 aliphatic rings. The van der Waals surface area contributed by atoms with Crippen LogP contribution in [0.25, 0.3) is 0 Å². The summed E-state index contributed by atoms with van der Waals surface area (Å²) in [5, 5.41) is 21.0. The van der Waals surface area contributed by atoms with Crippen molar-refractivity contribution in [1.82, 2.24) is 14.8 Å². The molecule has 0 spiro atoms. The SMILES string of the molecule is CCC(Sc1nnc(CSc2ccc(C)cc2)n1C)C(=O)Nc1oc(C)c(C)c1C#N. The van der Waals surface area contributed by atoms with E-state index in [4.69, 9.17) is 4.42 Å². The van der Waals surface area contributed by atoms with E-state index in [0.29, 0.717) is 28.7 Å². The lowest BCUT2D eigenvalue weighted by Crippen LogP contribution is -2.25. The Hall–Kier alpha value is -2.70. The van der Waals surface area contributed by atoms with Crippen LogP contribution in [0.5, 0.6) is 0 Å². The van der Waals surface area contributed by atoms with Crippen molar-refractivity contribution in [3.63, 3.8) is 0 Å². The van der Waals surface area contributed by atoms with Crippen molar-refractivity contribution in [2.75, 3.05) is 5.32 Å². The lowest BCUT2D eigenvalue weighted by atomic mass is 10.2. The van der Waals surface area contributed by atoms with Crippen molar-refractivity contribution in [1.29, 1.82) is 5.26 Å². The fourth-order valence-electron chi connectivity index (χ4n) is 2.85. The van der Waals surface area contributed by atoms with Crippen molar-refractivity contribution < 1.29 is 9.21 Å². The zero-order chi connectivity index (χ0) is 22.5. The summed E-state index contributed by atoms with van der Waals surface area (Å²) in [5.41, 5.74) is 2.33. The number of hydrogen-bond donors (Lipinski definition) is 1. The highest BCUT2D eigenvalue weighted by Gasteiger charge is 2.24. The minimum Gasteiger partial charge on any atom is -0.444 e. The molecule has 2 aromatic heterocycles. The number of amides is 1. The zero-order valence-electron chi connectivity index (χ0n) is 18.2. The van der Waals surface area contributed by atoms with E-state index in [1.54, 1.807) is 25.6 Å². The number of furan rings is 1. The number of benzene rings is 1. The molecule has 9 heteroatoms. The highest BCUT2D eigenvalue weighted by molar-refractivity contribution is 8.00. The molecule has 0 saturated carbocycles. The largest absolute Gasteiger partial charge is 0.444 e. The molecule has 0 radical (unpaired) electrons. The van der Waals surface area contributed by atoms with E-state index in [-0.39, 0.29) is 11.8 Å². The normalized spacial score (nSPS) is 11.9. The van der Waals surface area contributed by atoms with Gasteiger partial charge in [0.05, 0.1) is 11.0 Å². The van der Waals surface area contributed by atoms with Gasteiger partial charge in [-0.15, -0.1) is 22.0 Å². The van der Waals surface area contributed by atoms with Crippen molar-refractivity contribution in [2.45, 2.75) is 55.2 Å². The number of aromatic nitrogens is 3. The van der Waals surface area contributed by atoms with Gasteiger partial charge >= 0.3 is 0 Å². The second-order valence-corrected chi connectivity index (χ2v) is 9.38. The maximum atomic E-state index is 12.8. The number of nitriles is 1. The van der Waals surface area contributed by atoms with Gasteiger partial charge in [-0.25, -0.2) is 0 Å². The smallest absolute Gasteiger partial charge is 0.240 e. The number of nitrogens with zero attached hydrogens (tertiary/aromatic N) is 4. The molecule has 0 saturated heterocycles. The van der Waals surface area contributed by atoms with Gasteiger partial charge in [-0.3, -0.25) is 10.1 Å². The topological polar surface area (TPSA) is 96.7 Å². The van der Waals surface area contributed by atoms with E-state index in [9.17, 15) is 10.1 Å². The van der Waals surface area contributed by atoms with Crippen molar-refractivity contribution in [3.8, 4) is 6.07 Å². The number of anilines is 1. The molecule has 3 aromatic rings. The van der Waals surface area contributed by atoms with E-state index in [0.717, 1.165) is 11.4 Å². The van der Waals surface area contributed by atoms with Gasteiger partial charge in [0.15, 0.2) is 5.16 Å². The third-order valence-corrected chi connectivity index (χ3v) is 7.37. The zero-order valence-corrected chi connectivity index (χ0v) is 19.9. The number of carbonyl (C=O) groups excluding carboxylic acids is 1. The van der Waals surface area contributed by atoms with Gasteiger partial charge in [-0.05, 0) is 39.3 Å². The first-order valence-corrected chi connectivity index (χ1v) is 11.8. The molecule has 1 unspecified atom stereocenters. The van der Waals surface area contributed by atoms with Gasteiger partial charge in [0.1, 0.15) is 23.2 Å². The molecule has 1 atom stereocenters. The quantitative estimate of drug-likeness (QED) is 0.477. The molecule has 0 aliphatic carbocycles. The number of rotatable bonds is 8. The average molecular weight is 456 g/mol. The fourth-order valence-corrected chi connectivity index (χ4v) is 4.66. The summed E-state index contributed by atoms with van der Waals surface area (Å²) in [4.78, 5) is 14.0. The molecule has 31 heavy (non-hydrogen) atoms. The van der Waals surface area contributed by atoms with Crippen LogP contribution in [0.2, 0.25) is 0 Å². The Kier molecular flexibility index (Phi) is 7.46. The average Bonchev–Trinajstić information content (AvgIpc) is 3.23. The third kappa shape index (κ3) is 5.32. The molecule has 1 aromatic carbocycles. The first kappa shape index (κ1) is 23.0. The summed E-state index contributed by atoms with van der Waals surface area (Å²) in [7, 11) is 1.91. The monoisotopic (exact) mass is 455 g/mol. The Morgan fingerprint density at radius 1 is 1.26 bits per heavy atom. The Morgan fingerprint density at radius 2 is 1.97 bits per heavy atom. The van der Waals surface area contributed by atoms with Crippen LogP contribution in [-0.2, 0) is 17.6 Å². The van der Waals surface area contributed by atoms with Crippen LogP contribution in [0.15, 0.2) is 38.7 Å². The number of nitrogens with one attached hydrogen (secondary N) is 1. The highest BCUT2D eigenvalue weighted by atomic mass is 32.2. The molecule has 0 fully saturated rings. The summed E-state index contributed by atoms with van der Waals surface area (Å²) in [6.07, 6.45) is 0.595. The van der Waals surface area contributed by atoms with Crippen molar-refractivity contribution in [3.05, 3.63) is 52.5 Å². The minimum atomic E-state index is -0.391. The van der Waals surface area contributed by atoms with Gasteiger partial charge in [-0.2, -0.15) is 5.26 Å². The Morgan fingerprint density at radius 3 is 2.61 bits per heavy atom. The Bertz CT molecular complexity index is 1110. The minimum absolute atomic E-state index is 0.203. The summed E-state index contributed by atoms with van der Waals surface area (Å²) in [6.45, 7) is 7.57. The van der Waals surface area contributed by atoms with Crippen molar-refractivity contribution in [2.24, 2.45) is 7.05 Å². The van der Waals surface area contributed by atoms with Gasteiger partial charge in [0.25, 0.3) is 0 Å². The number of aryl methyl sites for hydroxylation is 2. The van der Waals surface area contributed by atoms with Crippen LogP contribution in [0.3, 0.4) is 0 Å². The maximum absolute atomic E-state index is 12.8. The van der Waals surface area contributed by atoms with E-state index in [1.807, 2.05) is 18.5 Å². The first-order chi connectivity index (χ1) is 14.8. The molecule has 2 heterocycles. The maximum Gasteiger partial charge on any atom is 0.240 e. The lowest BCUT2D eigenvalue weighted by Gasteiger charge is -2.13. The first-order valence-electron chi connectivity index (χ1n) is 9.89. The number of hydrogen-bond acceptors (Lipinski definition) is 7. The second-order valence-electron chi connectivity index (χ2n) is 7.16. The Labute approximate surface area is 190 Å². The molecular formula is C22H25N5O2S2. The van der Waals surface area contributed by atoms with E-state index in [1.165, 1.54) is 22.2 Å². The van der Waals surface area contributed by atoms with Gasteiger partial charge in [-0.1, -0.05) is 36.4 Å². The van der Waals surface area contributed by atoms with Crippen LogP contribution in [0.1, 0.15) is 41.6 Å². The van der Waals surface area contributed by atoms with Gasteiger partial charge < -0.3 is 8.98 Å². The molecule has 0 bridgehead atoms. The second kappa shape index (κ2) is 10.1. The van der Waals surface area contributed by atoms with Crippen LogP contribution in [0, 0.1) is 32.1 Å². The predicted molar refractivity (Wildman–Crippen MR) is 123 cm³/mol. The summed E-state index contributed by atoms with van der Waals surface area (Å²) in [5.74, 6) is 2.13. The van der Waals surface area contributed by atoms with Crippen LogP contribution in [-0.4, -0.2) is 25.9 Å². The molecule has 3 rings (SSSR count). The van der Waals surface area contributed by atoms with Crippen LogP contribution >= 0.6 is 23.5 Å². The molecular weight excluding hydrogens is 430 g/mol. The molecule has 162 valence electrons. The molecule has 7 nitrogen and oxygen atoms in total. The lowest BCUT2D eigenvalue weighted by molar-refractivity contribution is -0.115. The van der Waals surface area contributed by atoms with Crippen molar-refractivity contribution >= 4 is 35.3 Å².